The molecular weight excluding hydrogens is 1790 g/mol. The number of oxazole rings is 2. The average Bonchev–Trinajstić information content (AvgIpc) is 1.72. The van der Waals surface area contributed by atoms with Crippen LogP contribution >= 0.6 is 22.7 Å². The maximum Gasteiger partial charge on any atom is 0.258 e. The van der Waals surface area contributed by atoms with E-state index in [2.05, 4.69) is 106 Å². The summed E-state index contributed by atoms with van der Waals surface area (Å²) >= 11 is 3.34. The first-order chi connectivity index (χ1) is 67.5. The van der Waals surface area contributed by atoms with E-state index in [1.54, 1.807) is 79.5 Å². The Hall–Kier alpha value is -15.2. The molecule has 0 amide bonds. The standard InChI is InChI=1S/C21H23N7O.C21H21N5O2.C21H21N5OS.C20H19N5O2.C20H19N5OS/c1-14-12-28-19(15(2)23-14)10-18(25-28)17-11-21(29)27-13-16(4-5-20(27)24-17)26-8-3-6-22-7-9-26;1-13-11-25(8-7-22-13)16-4-6-20-24-18(10-21(27)26(20)12-16)15-3-5-17-19(9-15)28-14(2)23-17;1-13-11-25(8-7-22-13)16-4-6-20-24-17(10-21(27)26(20)12-16)15-3-5-19-18(9-15)23-14(2)28-19;1-13-22-16-4-2-14(10-18(16)27-13)17-11-20(26)25-12-15(3-5-19(25)23-17)24-8-6-21-7-9-24;1-13-22-17-10-14(2-4-18(17)27-13)16-11-20(26)25-12-15(3-5-19(25)23-16)24-8-6-21-7-9-24/h4-5,10-13,22H,3,6-9H2,1-2H3;2*3-6,9-10,12-13,22H,7-8,11H2,1-2H3;2*2-5,10-12,21H,6-9H2,1H3/t;2*13-;;/m.00../s1. The Labute approximate surface area is 804 Å². The van der Waals surface area contributed by atoms with Gasteiger partial charge in [0, 0.05) is 221 Å². The normalized spacial score (nSPS) is 16.0. The van der Waals surface area contributed by atoms with Crippen LogP contribution < -0.4 is 78.9 Å². The van der Waals surface area contributed by atoms with Gasteiger partial charge in [0.25, 0.3) is 27.8 Å². The number of benzene rings is 4. The third-order valence-electron chi connectivity index (χ3n) is 25.5. The Balaban J connectivity index is 0.000000103. The number of nitrogens with zero attached hydrogens (tertiary/aromatic N) is 22. The highest BCUT2D eigenvalue weighted by Crippen LogP contribution is 2.33. The van der Waals surface area contributed by atoms with Crippen LogP contribution in [0, 0.1) is 41.5 Å². The molecule has 5 saturated heterocycles. The van der Waals surface area contributed by atoms with E-state index in [4.69, 9.17) is 28.8 Å². The summed E-state index contributed by atoms with van der Waals surface area (Å²) in [6.45, 7) is 32.9. The lowest BCUT2D eigenvalue weighted by Crippen LogP contribution is -2.49. The van der Waals surface area contributed by atoms with Crippen molar-refractivity contribution in [1.29, 1.82) is 0 Å². The van der Waals surface area contributed by atoms with Gasteiger partial charge in [0.2, 0.25) is 0 Å². The molecule has 0 bridgehead atoms. The number of aryl methyl sites for hydroxylation is 6. The van der Waals surface area contributed by atoms with Crippen molar-refractivity contribution in [3.05, 3.63) is 292 Å². The molecule has 5 N–H and O–H groups in total. The summed E-state index contributed by atoms with van der Waals surface area (Å²) in [7, 11) is 0. The zero-order valence-corrected chi connectivity index (χ0v) is 79.9. The van der Waals surface area contributed by atoms with Gasteiger partial charge >= 0.3 is 0 Å². The summed E-state index contributed by atoms with van der Waals surface area (Å²) in [6, 6.07) is 54.0. The topological polar surface area (TPSA) is 356 Å². The first-order valence-corrected chi connectivity index (χ1v) is 48.6. The van der Waals surface area contributed by atoms with Crippen LogP contribution in [-0.4, -0.2) is 211 Å². The van der Waals surface area contributed by atoms with Gasteiger partial charge in [-0.15, -0.1) is 22.7 Å². The lowest BCUT2D eigenvalue weighted by molar-refractivity contribution is 0.484. The predicted octanol–water partition coefficient (Wildman–Crippen LogP) is 12.4. The van der Waals surface area contributed by atoms with Gasteiger partial charge in [-0.2, -0.15) is 5.10 Å². The quantitative estimate of drug-likeness (QED) is 0.0849. The van der Waals surface area contributed by atoms with E-state index in [1.165, 1.54) is 0 Å². The molecule has 34 nitrogen and oxygen atoms in total. The summed E-state index contributed by atoms with van der Waals surface area (Å²) in [4.78, 5) is 121. The summed E-state index contributed by atoms with van der Waals surface area (Å²) in [5.74, 6) is 1.24. The lowest BCUT2D eigenvalue weighted by atomic mass is 10.1. The second kappa shape index (κ2) is 38.8. The smallest absolute Gasteiger partial charge is 0.258 e. The summed E-state index contributed by atoms with van der Waals surface area (Å²) in [6.07, 6.45) is 12.4. The van der Waals surface area contributed by atoms with Crippen molar-refractivity contribution in [2.75, 3.05) is 142 Å². The van der Waals surface area contributed by atoms with Crippen molar-refractivity contribution < 1.29 is 8.83 Å². The summed E-state index contributed by atoms with van der Waals surface area (Å²) in [5.41, 5.74) is 22.9. The molecule has 704 valence electrons. The van der Waals surface area contributed by atoms with Crippen molar-refractivity contribution in [1.82, 2.24) is 108 Å². The molecule has 2 atom stereocenters. The van der Waals surface area contributed by atoms with Crippen molar-refractivity contribution in [3.8, 4) is 56.4 Å². The maximum atomic E-state index is 12.9. The van der Waals surface area contributed by atoms with Crippen molar-refractivity contribution >= 4 is 127 Å². The molecule has 25 rings (SSSR count). The number of aromatic nitrogens is 17. The number of hydrogen-bond acceptors (Lipinski definition) is 30. The Morgan fingerprint density at radius 3 is 1.06 bits per heavy atom. The van der Waals surface area contributed by atoms with Gasteiger partial charge in [-0.3, -0.25) is 51.0 Å². The van der Waals surface area contributed by atoms with E-state index in [0.717, 1.165) is 233 Å². The second-order valence-electron chi connectivity index (χ2n) is 35.6. The van der Waals surface area contributed by atoms with Crippen molar-refractivity contribution in [2.24, 2.45) is 0 Å². The Bertz CT molecular complexity index is 8040. The molecule has 0 saturated carbocycles. The molecule has 0 aliphatic carbocycles. The molecule has 4 aromatic carbocycles. The highest BCUT2D eigenvalue weighted by molar-refractivity contribution is 7.18. The van der Waals surface area contributed by atoms with E-state index in [9.17, 15) is 24.0 Å². The van der Waals surface area contributed by atoms with Crippen LogP contribution in [0.4, 0.5) is 28.4 Å². The fraction of sp³-hybridized carbons (Fsp3) is 0.282. The van der Waals surface area contributed by atoms with E-state index >= 15 is 0 Å². The van der Waals surface area contributed by atoms with Crippen LogP contribution in [0.3, 0.4) is 0 Å². The van der Waals surface area contributed by atoms with Gasteiger partial charge in [-0.25, -0.2) is 49.4 Å². The van der Waals surface area contributed by atoms with Gasteiger partial charge in [0.15, 0.2) is 22.9 Å². The number of piperazine rings is 4. The molecule has 139 heavy (non-hydrogen) atoms. The minimum Gasteiger partial charge on any atom is -0.441 e. The van der Waals surface area contributed by atoms with Gasteiger partial charge in [-0.1, -0.05) is 24.3 Å². The van der Waals surface area contributed by atoms with Crippen molar-refractivity contribution in [3.63, 3.8) is 0 Å². The number of fused-ring (bicyclic) bond motifs is 10. The second-order valence-corrected chi connectivity index (χ2v) is 38.1. The van der Waals surface area contributed by atoms with Crippen molar-refractivity contribution in [2.45, 2.75) is 73.9 Å². The van der Waals surface area contributed by atoms with Crippen LogP contribution in [0.2, 0.25) is 0 Å². The highest BCUT2D eigenvalue weighted by Gasteiger charge is 2.24. The Morgan fingerprint density at radius 2 is 0.662 bits per heavy atom. The minimum atomic E-state index is -0.108. The zero-order chi connectivity index (χ0) is 95.2. The summed E-state index contributed by atoms with van der Waals surface area (Å²) in [5, 5.41) is 23.6. The van der Waals surface area contributed by atoms with Gasteiger partial charge in [0.05, 0.1) is 110 Å². The molecular formula is C103H103N27O7S2. The molecule has 20 aromatic rings. The largest absolute Gasteiger partial charge is 0.441 e. The van der Waals surface area contributed by atoms with Crippen LogP contribution in [0.5, 0.6) is 0 Å². The fourth-order valence-corrected chi connectivity index (χ4v) is 20.2. The van der Waals surface area contributed by atoms with Crippen LogP contribution in [0.15, 0.2) is 240 Å². The Kier molecular flexibility index (Phi) is 25.2. The molecule has 36 heteroatoms. The minimum absolute atomic E-state index is 0.0680. The van der Waals surface area contributed by atoms with E-state index in [1.807, 2.05) is 212 Å². The number of hydrogen-bond donors (Lipinski definition) is 5. The van der Waals surface area contributed by atoms with E-state index < -0.39 is 0 Å². The third-order valence-corrected chi connectivity index (χ3v) is 27.4. The van der Waals surface area contributed by atoms with Crippen LogP contribution in [0.25, 0.3) is 133 Å². The average molecular weight is 1900 g/mol. The van der Waals surface area contributed by atoms with Gasteiger partial charge < -0.3 is 59.9 Å². The van der Waals surface area contributed by atoms with E-state index in [0.29, 0.717) is 97.4 Å². The molecule has 5 aliphatic heterocycles. The predicted molar refractivity (Wildman–Crippen MR) is 550 cm³/mol. The lowest BCUT2D eigenvalue weighted by Gasteiger charge is -2.33. The van der Waals surface area contributed by atoms with Crippen LogP contribution in [-0.2, 0) is 0 Å². The Morgan fingerprint density at radius 1 is 0.317 bits per heavy atom. The monoisotopic (exact) mass is 1890 g/mol. The van der Waals surface area contributed by atoms with Gasteiger partial charge in [0.1, 0.15) is 45.0 Å². The highest BCUT2D eigenvalue weighted by atomic mass is 32.1. The number of pyridine rings is 5. The first kappa shape index (κ1) is 90.3. The maximum absolute atomic E-state index is 12.9. The number of nitrogens with one attached hydrogen (secondary N) is 5. The molecule has 5 aliphatic rings. The van der Waals surface area contributed by atoms with E-state index in [-0.39, 0.29) is 27.8 Å². The molecule has 0 radical (unpaired) electrons. The molecule has 0 spiro atoms. The first-order valence-electron chi connectivity index (χ1n) is 46.9. The SMILES string of the molecule is Cc1cn2nc(-c3cc(=O)n4cc(N5CCCNCC5)ccc4n3)cc2c(C)n1.Cc1nc2cc(-c3cc(=O)n4cc(N5CCNCC5)ccc4n3)ccc2s1.Cc1nc2cc(-c3cc(=O)n4cc(N5CCN[C@@H](C)C5)ccc4n3)ccc2s1.Cc1nc2ccc(-c3cc(=O)n4cc(N5CCNCC5)ccc4n3)cc2o1.Cc1nc2ccc(-c3cc(=O)n4cc(N5CCN[C@@H](C)C5)ccc4n3)cc2o1. The van der Waals surface area contributed by atoms with Gasteiger partial charge in [-0.05, 0) is 170 Å². The number of thiazole rings is 2. The third kappa shape index (κ3) is 19.6. The molecule has 21 heterocycles. The molecule has 5 fully saturated rings. The number of rotatable bonds is 10. The zero-order valence-electron chi connectivity index (χ0n) is 78.2. The molecule has 0 unspecified atom stereocenters. The fourth-order valence-electron chi connectivity index (χ4n) is 18.6. The molecule has 16 aromatic heterocycles. The van der Waals surface area contributed by atoms with Crippen LogP contribution in [0.1, 0.15) is 53.5 Å². The summed E-state index contributed by atoms with van der Waals surface area (Å²) < 4.78 is 23.4. The number of anilines is 5.